The van der Waals surface area contributed by atoms with Gasteiger partial charge in [-0.15, -0.1) is 12.4 Å². The Labute approximate surface area is 128 Å². The first-order chi connectivity index (χ1) is 9.08. The van der Waals surface area contributed by atoms with Crippen LogP contribution in [-0.2, 0) is 9.53 Å². The van der Waals surface area contributed by atoms with Crippen molar-refractivity contribution in [3.8, 4) is 0 Å². The van der Waals surface area contributed by atoms with Crippen molar-refractivity contribution in [1.29, 1.82) is 0 Å². The Morgan fingerprint density at radius 2 is 1.75 bits per heavy atom. The molecule has 5 nitrogen and oxygen atoms in total. The molecule has 0 spiro atoms. The van der Waals surface area contributed by atoms with Gasteiger partial charge in [-0.2, -0.15) is 0 Å². The highest BCUT2D eigenvalue weighted by molar-refractivity contribution is 5.85. The second-order valence-electron chi connectivity index (χ2n) is 5.90. The lowest BCUT2D eigenvalue weighted by molar-refractivity contribution is -0.144. The third-order valence-corrected chi connectivity index (χ3v) is 4.13. The van der Waals surface area contributed by atoms with Crippen LogP contribution in [0.2, 0.25) is 0 Å². The molecule has 1 N–H and O–H groups in total. The van der Waals surface area contributed by atoms with E-state index in [-0.39, 0.29) is 30.5 Å². The number of likely N-dealkylation sites (tertiary alicyclic amines) is 1. The molecule has 2 aliphatic heterocycles. The number of morpholine rings is 1. The number of rotatable bonds is 3. The molecule has 2 unspecified atom stereocenters. The van der Waals surface area contributed by atoms with Crippen LogP contribution in [0.25, 0.3) is 0 Å². The molecule has 0 radical (unpaired) electrons. The second-order valence-corrected chi connectivity index (χ2v) is 5.90. The van der Waals surface area contributed by atoms with Crippen molar-refractivity contribution in [3.05, 3.63) is 0 Å². The summed E-state index contributed by atoms with van der Waals surface area (Å²) in [5.74, 6) is 0.255. The Bertz CT molecular complexity index is 299. The Kier molecular flexibility index (Phi) is 7.23. The van der Waals surface area contributed by atoms with Gasteiger partial charge in [-0.25, -0.2) is 0 Å². The Hall–Kier alpha value is -0.360. The molecule has 20 heavy (non-hydrogen) atoms. The van der Waals surface area contributed by atoms with Gasteiger partial charge in [0.15, 0.2) is 0 Å². The van der Waals surface area contributed by atoms with E-state index in [0.717, 1.165) is 39.0 Å². The summed E-state index contributed by atoms with van der Waals surface area (Å²) < 4.78 is 5.67. The fourth-order valence-corrected chi connectivity index (χ4v) is 3.05. The molecule has 0 bridgehead atoms. The predicted octanol–water partition coefficient (Wildman–Crippen LogP) is 0.728. The molecule has 2 aliphatic rings. The van der Waals surface area contributed by atoms with Crippen LogP contribution in [0, 0.1) is 0 Å². The molecule has 0 aromatic heterocycles. The predicted molar refractivity (Wildman–Crippen MR) is 82.4 cm³/mol. The lowest BCUT2D eigenvalue weighted by atomic mass is 10.1. The zero-order valence-corrected chi connectivity index (χ0v) is 13.6. The van der Waals surface area contributed by atoms with E-state index in [1.165, 1.54) is 0 Å². The smallest absolute Gasteiger partial charge is 0.236 e. The molecule has 2 saturated heterocycles. The van der Waals surface area contributed by atoms with E-state index < -0.39 is 0 Å². The van der Waals surface area contributed by atoms with Crippen molar-refractivity contribution >= 4 is 18.3 Å². The van der Waals surface area contributed by atoms with Gasteiger partial charge in [-0.1, -0.05) is 0 Å². The topological polar surface area (TPSA) is 44.8 Å². The number of amides is 1. The Balaban J connectivity index is 0.00000200. The van der Waals surface area contributed by atoms with Gasteiger partial charge in [0.1, 0.15) is 0 Å². The van der Waals surface area contributed by atoms with E-state index in [1.807, 2.05) is 25.8 Å². The third-order valence-electron chi connectivity index (χ3n) is 4.13. The summed E-state index contributed by atoms with van der Waals surface area (Å²) in [7, 11) is 2.02. The van der Waals surface area contributed by atoms with Crippen LogP contribution in [0.4, 0.5) is 0 Å². The average Bonchev–Trinajstić information content (AvgIpc) is 2.38. The van der Waals surface area contributed by atoms with Gasteiger partial charge in [0.2, 0.25) is 5.91 Å². The van der Waals surface area contributed by atoms with Crippen LogP contribution in [-0.4, -0.2) is 73.7 Å². The number of carbonyl (C=O) groups is 1. The molecule has 0 saturated carbocycles. The minimum atomic E-state index is 0. The summed E-state index contributed by atoms with van der Waals surface area (Å²) in [5, 5.41) is 3.31. The summed E-state index contributed by atoms with van der Waals surface area (Å²) in [6, 6.07) is 0.620. The van der Waals surface area contributed by atoms with Crippen molar-refractivity contribution in [2.24, 2.45) is 0 Å². The fraction of sp³-hybridized carbons (Fsp3) is 0.929. The largest absolute Gasteiger partial charge is 0.372 e. The van der Waals surface area contributed by atoms with Gasteiger partial charge < -0.3 is 15.0 Å². The van der Waals surface area contributed by atoms with Crippen LogP contribution in [0.15, 0.2) is 0 Å². The molecule has 0 aromatic carbocycles. The van der Waals surface area contributed by atoms with E-state index in [2.05, 4.69) is 10.2 Å². The minimum Gasteiger partial charge on any atom is -0.372 e. The molecule has 0 aliphatic carbocycles. The van der Waals surface area contributed by atoms with Crippen molar-refractivity contribution in [1.82, 2.24) is 15.1 Å². The average molecular weight is 306 g/mol. The zero-order chi connectivity index (χ0) is 13.8. The molecule has 6 heteroatoms. The summed E-state index contributed by atoms with van der Waals surface area (Å²) in [6.07, 6.45) is 2.59. The van der Waals surface area contributed by atoms with Crippen LogP contribution < -0.4 is 5.32 Å². The lowest BCUT2D eigenvalue weighted by Gasteiger charge is -2.37. The molecule has 1 amide bonds. The number of nitrogens with zero attached hydrogens (tertiary/aromatic N) is 2. The molecule has 2 fully saturated rings. The summed E-state index contributed by atoms with van der Waals surface area (Å²) in [6.45, 7) is 8.14. The van der Waals surface area contributed by atoms with Crippen molar-refractivity contribution < 1.29 is 9.53 Å². The maximum Gasteiger partial charge on any atom is 0.236 e. The van der Waals surface area contributed by atoms with E-state index in [9.17, 15) is 4.79 Å². The van der Waals surface area contributed by atoms with Gasteiger partial charge in [0, 0.05) is 32.2 Å². The van der Waals surface area contributed by atoms with Gasteiger partial charge in [0.25, 0.3) is 0 Å². The number of carbonyl (C=O) groups excluding carboxylic acids is 1. The molecule has 118 valence electrons. The first kappa shape index (κ1) is 17.7. The molecular weight excluding hydrogens is 278 g/mol. The van der Waals surface area contributed by atoms with Gasteiger partial charge >= 0.3 is 0 Å². The summed E-state index contributed by atoms with van der Waals surface area (Å²) >= 11 is 0. The maximum absolute atomic E-state index is 12.3. The molecule has 2 atom stereocenters. The molecule has 0 aromatic rings. The van der Waals surface area contributed by atoms with E-state index >= 15 is 0 Å². The van der Waals surface area contributed by atoms with Gasteiger partial charge in [-0.05, 0) is 33.7 Å². The maximum atomic E-state index is 12.3. The number of piperidine rings is 1. The first-order valence-corrected chi connectivity index (χ1v) is 7.41. The summed E-state index contributed by atoms with van der Waals surface area (Å²) in [4.78, 5) is 16.6. The van der Waals surface area contributed by atoms with E-state index in [1.54, 1.807) is 0 Å². The summed E-state index contributed by atoms with van der Waals surface area (Å²) in [5.41, 5.74) is 0. The molecule has 2 rings (SSSR count). The van der Waals surface area contributed by atoms with E-state index in [4.69, 9.17) is 4.74 Å². The highest BCUT2D eigenvalue weighted by Crippen LogP contribution is 2.13. The zero-order valence-electron chi connectivity index (χ0n) is 12.8. The highest BCUT2D eigenvalue weighted by atomic mass is 35.5. The molecular formula is C14H28ClN3O2. The third kappa shape index (κ3) is 4.88. The monoisotopic (exact) mass is 305 g/mol. The van der Waals surface area contributed by atoms with Crippen LogP contribution >= 0.6 is 12.4 Å². The Morgan fingerprint density at radius 1 is 1.20 bits per heavy atom. The minimum absolute atomic E-state index is 0. The highest BCUT2D eigenvalue weighted by Gasteiger charge is 2.27. The number of halogens is 1. The fourth-order valence-electron chi connectivity index (χ4n) is 3.05. The number of hydrogen-bond donors (Lipinski definition) is 1. The molecule has 2 heterocycles. The number of nitrogens with one attached hydrogen (secondary N) is 1. The lowest BCUT2D eigenvalue weighted by Crippen LogP contribution is -2.52. The Morgan fingerprint density at radius 3 is 2.25 bits per heavy atom. The van der Waals surface area contributed by atoms with Crippen LogP contribution in [0.5, 0.6) is 0 Å². The number of ether oxygens (including phenoxy) is 1. The van der Waals surface area contributed by atoms with Crippen LogP contribution in [0.1, 0.15) is 26.7 Å². The van der Waals surface area contributed by atoms with Crippen LogP contribution in [0.3, 0.4) is 0 Å². The van der Waals surface area contributed by atoms with Crippen molar-refractivity contribution in [3.63, 3.8) is 0 Å². The standard InChI is InChI=1S/C14H27N3O2.ClH/c1-11-8-17(9-12(2)19-11)14(18)10-16-6-4-13(15-3)5-7-16;/h11-13,15H,4-10H2,1-3H3;1H. The SMILES string of the molecule is CNC1CCN(CC(=O)N2CC(C)OC(C)C2)CC1.Cl. The second kappa shape index (κ2) is 8.17. The number of hydrogen-bond acceptors (Lipinski definition) is 4. The van der Waals surface area contributed by atoms with Gasteiger partial charge in [0.05, 0.1) is 18.8 Å². The first-order valence-electron chi connectivity index (χ1n) is 7.41. The normalized spacial score (nSPS) is 29.1. The quantitative estimate of drug-likeness (QED) is 0.835. The van der Waals surface area contributed by atoms with Crippen molar-refractivity contribution in [2.45, 2.75) is 44.9 Å². The van der Waals surface area contributed by atoms with Crippen molar-refractivity contribution in [2.75, 3.05) is 39.8 Å². The van der Waals surface area contributed by atoms with Gasteiger partial charge in [-0.3, -0.25) is 9.69 Å². The van der Waals surface area contributed by atoms with E-state index in [0.29, 0.717) is 12.6 Å².